The maximum Gasteiger partial charge on any atom is 0.511 e. The highest BCUT2D eigenvalue weighted by atomic mass is 32.2. The number of hydrogen-bond donors (Lipinski definition) is 1. The third kappa shape index (κ3) is 4.45. The van der Waals surface area contributed by atoms with Crippen LogP contribution >= 0.6 is 0 Å². The van der Waals surface area contributed by atoms with Crippen molar-refractivity contribution in [3.8, 4) is 0 Å². The van der Waals surface area contributed by atoms with E-state index in [1.807, 2.05) is 0 Å². The Labute approximate surface area is 194 Å². The predicted molar refractivity (Wildman–Crippen MR) is 121 cm³/mol. The quantitative estimate of drug-likeness (QED) is 0.540. The largest absolute Gasteiger partial charge is 0.511 e. The van der Waals surface area contributed by atoms with Crippen molar-refractivity contribution in [1.29, 1.82) is 0 Å². The number of alkyl halides is 3. The molecule has 1 atom stereocenters. The lowest BCUT2D eigenvalue weighted by Crippen LogP contribution is -2.43. The molecule has 0 spiro atoms. The molecule has 3 aromatic rings. The molecular formula is C23H22F4N4O2S. The molecule has 0 saturated carbocycles. The highest BCUT2D eigenvalue weighted by Crippen LogP contribution is 2.40. The van der Waals surface area contributed by atoms with E-state index in [0.717, 1.165) is 6.20 Å². The summed E-state index contributed by atoms with van der Waals surface area (Å²) in [6, 6.07) is 14.4. The van der Waals surface area contributed by atoms with Gasteiger partial charge in [0.15, 0.2) is 5.82 Å². The summed E-state index contributed by atoms with van der Waals surface area (Å²) in [5, 5.41) is 0. The molecule has 11 heteroatoms. The van der Waals surface area contributed by atoms with Crippen LogP contribution in [0, 0.1) is 12.7 Å². The van der Waals surface area contributed by atoms with Crippen molar-refractivity contribution in [2.75, 3.05) is 17.2 Å². The first kappa shape index (κ1) is 24.0. The second-order valence-corrected chi connectivity index (χ2v) is 10.00. The molecule has 1 aliphatic heterocycles. The molecular weight excluding hydrogens is 472 g/mol. The van der Waals surface area contributed by atoms with Crippen molar-refractivity contribution in [3.63, 3.8) is 0 Å². The summed E-state index contributed by atoms with van der Waals surface area (Å²) in [7, 11) is -5.61. The van der Waals surface area contributed by atoms with Crippen LogP contribution in [0.25, 0.3) is 0 Å². The number of anilines is 2. The van der Waals surface area contributed by atoms with E-state index in [9.17, 15) is 26.0 Å². The lowest BCUT2D eigenvalue weighted by Gasteiger charge is -2.34. The number of nitrogens with two attached hydrogens (primary N) is 1. The Morgan fingerprint density at radius 3 is 2.47 bits per heavy atom. The van der Waals surface area contributed by atoms with Gasteiger partial charge in [-0.25, -0.2) is 12.8 Å². The average Bonchev–Trinajstić information content (AvgIpc) is 2.95. The zero-order chi connectivity index (χ0) is 24.7. The van der Waals surface area contributed by atoms with E-state index < -0.39 is 40.5 Å². The van der Waals surface area contributed by atoms with Crippen LogP contribution in [0.3, 0.4) is 0 Å². The Morgan fingerprint density at radius 1 is 1.12 bits per heavy atom. The number of nitrogens with zero attached hydrogens (tertiary/aromatic N) is 3. The molecule has 0 amide bonds. The van der Waals surface area contributed by atoms with Crippen molar-refractivity contribution in [1.82, 2.24) is 9.29 Å². The maximum atomic E-state index is 13.7. The first-order chi connectivity index (χ1) is 16.0. The minimum atomic E-state index is -5.61. The van der Waals surface area contributed by atoms with Gasteiger partial charge < -0.3 is 10.6 Å². The van der Waals surface area contributed by atoms with Crippen LogP contribution in [-0.2, 0) is 23.1 Å². The number of benzene rings is 2. The molecule has 1 aromatic heterocycles. The molecule has 0 radical (unpaired) electrons. The van der Waals surface area contributed by atoms with Crippen LogP contribution in [0.5, 0.6) is 0 Å². The minimum Gasteiger partial charge on any atom is -0.396 e. The number of rotatable bonds is 4. The molecule has 0 aliphatic carbocycles. The predicted octanol–water partition coefficient (Wildman–Crippen LogP) is 4.52. The summed E-state index contributed by atoms with van der Waals surface area (Å²) in [5.74, 6) is -0.682. The number of aromatic nitrogens is 1. The normalized spacial score (nSPS) is 17.3. The number of hydrogen-bond acceptors (Lipinski definition) is 5. The Morgan fingerprint density at radius 2 is 1.82 bits per heavy atom. The molecule has 0 bridgehead atoms. The summed E-state index contributed by atoms with van der Waals surface area (Å²) in [6.07, 6.45) is 0.984. The first-order valence-corrected chi connectivity index (χ1v) is 11.8. The van der Waals surface area contributed by atoms with Gasteiger partial charge in [0.2, 0.25) is 0 Å². The Kier molecular flexibility index (Phi) is 6.26. The van der Waals surface area contributed by atoms with Gasteiger partial charge in [0.1, 0.15) is 0 Å². The molecule has 0 unspecified atom stereocenters. The Bertz CT molecular complexity index is 1300. The van der Waals surface area contributed by atoms with Gasteiger partial charge in [-0.15, -0.1) is 0 Å². The van der Waals surface area contributed by atoms with Crippen molar-refractivity contribution < 1.29 is 26.0 Å². The Balaban J connectivity index is 1.90. The number of nitrogen functional groups attached to an aromatic ring is 1. The average molecular weight is 495 g/mol. The van der Waals surface area contributed by atoms with Crippen molar-refractivity contribution in [3.05, 3.63) is 89.0 Å². The highest BCUT2D eigenvalue weighted by Gasteiger charge is 2.51. The van der Waals surface area contributed by atoms with E-state index in [0.29, 0.717) is 32.4 Å². The summed E-state index contributed by atoms with van der Waals surface area (Å²) in [6.45, 7) is 0.895. The third-order valence-corrected chi connectivity index (χ3v) is 7.42. The van der Waals surface area contributed by atoms with E-state index in [1.54, 1.807) is 60.4 Å². The lowest BCUT2D eigenvalue weighted by molar-refractivity contribution is -0.0492. The van der Waals surface area contributed by atoms with Crippen LogP contribution in [0.15, 0.2) is 60.8 Å². The van der Waals surface area contributed by atoms with Crippen LogP contribution in [-0.4, -0.2) is 29.8 Å². The molecule has 2 N–H and O–H groups in total. The molecule has 34 heavy (non-hydrogen) atoms. The monoisotopic (exact) mass is 494 g/mol. The number of aryl methyl sites for hydroxylation is 1. The molecule has 2 heterocycles. The number of halogens is 4. The van der Waals surface area contributed by atoms with E-state index in [-0.39, 0.29) is 12.2 Å². The zero-order valence-corrected chi connectivity index (χ0v) is 18.9. The fourth-order valence-electron chi connectivity index (χ4n) is 4.11. The molecule has 4 rings (SSSR count). The maximum absolute atomic E-state index is 13.7. The molecule has 0 saturated heterocycles. The topological polar surface area (TPSA) is 79.5 Å². The van der Waals surface area contributed by atoms with E-state index in [2.05, 4.69) is 4.98 Å². The van der Waals surface area contributed by atoms with Gasteiger partial charge in [0.05, 0.1) is 30.2 Å². The number of fused-ring (bicyclic) bond motifs is 1. The van der Waals surface area contributed by atoms with E-state index in [1.165, 1.54) is 6.07 Å². The smallest absolute Gasteiger partial charge is 0.396 e. The van der Waals surface area contributed by atoms with Crippen molar-refractivity contribution in [2.24, 2.45) is 0 Å². The van der Waals surface area contributed by atoms with Gasteiger partial charge in [-0.05, 0) is 35.7 Å². The lowest BCUT2D eigenvalue weighted by atomic mass is 10.0. The van der Waals surface area contributed by atoms with Gasteiger partial charge in [0.25, 0.3) is 0 Å². The molecule has 6 nitrogen and oxygen atoms in total. The molecule has 2 aromatic carbocycles. The molecule has 180 valence electrons. The standard InChI is InChI=1S/C23H22F4N4O2S/c1-15-6-5-9-21-18(15)13-30(34(32,33)23(25,26)27)14-22(16-7-3-2-4-8-16)31(21)12-17-10-20(28)19(24)11-29-17/h2-11,22H,12-14H2,1H3,(H2,28,29)/t22-/m0/s1. The Hall–Kier alpha value is -3.18. The summed E-state index contributed by atoms with van der Waals surface area (Å²) >= 11 is 0. The van der Waals surface area contributed by atoms with Crippen LogP contribution in [0.2, 0.25) is 0 Å². The van der Waals surface area contributed by atoms with Gasteiger partial charge in [0, 0.05) is 18.8 Å². The van der Waals surface area contributed by atoms with Crippen molar-refractivity contribution >= 4 is 21.4 Å². The summed E-state index contributed by atoms with van der Waals surface area (Å²) < 4.78 is 79.9. The van der Waals surface area contributed by atoms with Crippen LogP contribution < -0.4 is 10.6 Å². The van der Waals surface area contributed by atoms with Gasteiger partial charge in [-0.3, -0.25) is 4.98 Å². The number of sulfonamides is 1. The minimum absolute atomic E-state index is 0.0698. The fourth-order valence-corrected chi connectivity index (χ4v) is 5.04. The second kappa shape index (κ2) is 8.88. The van der Waals surface area contributed by atoms with Crippen LogP contribution in [0.1, 0.15) is 28.4 Å². The molecule has 0 fully saturated rings. The molecule has 1 aliphatic rings. The second-order valence-electron chi connectivity index (χ2n) is 8.07. The van der Waals surface area contributed by atoms with E-state index >= 15 is 0 Å². The SMILES string of the molecule is Cc1cccc2c1CN(S(=O)(=O)C(F)(F)F)C[C@@H](c1ccccc1)N2Cc1cc(N)c(F)cn1. The highest BCUT2D eigenvalue weighted by molar-refractivity contribution is 7.89. The van der Waals surface area contributed by atoms with Gasteiger partial charge in [-0.2, -0.15) is 17.5 Å². The van der Waals surface area contributed by atoms with Gasteiger partial charge >= 0.3 is 15.5 Å². The fraction of sp³-hybridized carbons (Fsp3) is 0.261. The third-order valence-electron chi connectivity index (χ3n) is 5.87. The first-order valence-electron chi connectivity index (χ1n) is 10.4. The van der Waals surface area contributed by atoms with Gasteiger partial charge in [-0.1, -0.05) is 42.5 Å². The number of pyridine rings is 1. The summed E-state index contributed by atoms with van der Waals surface area (Å²) in [5.41, 5.74) is 2.82. The van der Waals surface area contributed by atoms with Crippen molar-refractivity contribution in [2.45, 2.75) is 31.6 Å². The zero-order valence-electron chi connectivity index (χ0n) is 18.1. The van der Waals surface area contributed by atoms with Crippen LogP contribution in [0.4, 0.5) is 28.9 Å². The summed E-state index contributed by atoms with van der Waals surface area (Å²) in [4.78, 5) is 5.88. The van der Waals surface area contributed by atoms with E-state index in [4.69, 9.17) is 5.73 Å².